The monoisotopic (exact) mass is 376 g/mol. The maximum atomic E-state index is 13.8. The Morgan fingerprint density at radius 3 is 2.78 bits per heavy atom. The van der Waals surface area contributed by atoms with Gasteiger partial charge < -0.3 is 14.5 Å². The predicted octanol–water partition coefficient (Wildman–Crippen LogP) is 3.35. The summed E-state index contributed by atoms with van der Waals surface area (Å²) >= 11 is 0. The molecule has 2 aliphatic heterocycles. The second-order valence-corrected chi connectivity index (χ2v) is 8.15. The molecule has 0 spiro atoms. The normalized spacial score (nSPS) is 22.4. The Bertz CT molecular complexity index is 899. The van der Waals surface area contributed by atoms with Gasteiger partial charge in [0.1, 0.15) is 16.9 Å². The highest BCUT2D eigenvalue weighted by Crippen LogP contribution is 2.35. The average Bonchev–Trinajstić information content (AvgIpc) is 2.57. The van der Waals surface area contributed by atoms with E-state index in [0.717, 1.165) is 19.0 Å². The lowest BCUT2D eigenvalue weighted by Crippen LogP contribution is -2.66. The number of ether oxygens (including phenoxy) is 1. The molecule has 0 unspecified atom stereocenters. The van der Waals surface area contributed by atoms with E-state index in [-0.39, 0.29) is 17.7 Å². The molecule has 1 aromatic heterocycles. The molecule has 0 radical (unpaired) electrons. The van der Waals surface area contributed by atoms with Crippen LogP contribution in [-0.4, -0.2) is 52.2 Å². The third-order valence-electron chi connectivity index (χ3n) is 5.10. The molecule has 4 rings (SSSR count). The van der Waals surface area contributed by atoms with E-state index < -0.39 is 17.2 Å². The summed E-state index contributed by atoms with van der Waals surface area (Å²) in [4.78, 5) is 24.6. The van der Waals surface area contributed by atoms with E-state index in [1.807, 2.05) is 25.7 Å². The first-order valence-corrected chi connectivity index (χ1v) is 9.08. The minimum Gasteiger partial charge on any atom is -0.444 e. The molecule has 2 aromatic rings. The van der Waals surface area contributed by atoms with Gasteiger partial charge in [0.15, 0.2) is 11.6 Å². The maximum Gasteiger partial charge on any atom is 0.410 e. The zero-order valence-electron chi connectivity index (χ0n) is 15.6. The molecule has 6 nitrogen and oxygen atoms in total. The Kier molecular flexibility index (Phi) is 4.16. The van der Waals surface area contributed by atoms with Crippen LogP contribution in [-0.2, 0) is 4.74 Å². The summed E-state index contributed by atoms with van der Waals surface area (Å²) in [5.74, 6) is -0.870. The minimum absolute atomic E-state index is 0.0658. The van der Waals surface area contributed by atoms with Crippen molar-refractivity contribution in [3.05, 3.63) is 30.0 Å². The van der Waals surface area contributed by atoms with Crippen molar-refractivity contribution in [2.24, 2.45) is 5.92 Å². The lowest BCUT2D eigenvalue weighted by Gasteiger charge is -2.53. The molecule has 1 amide bonds. The molecular weight excluding hydrogens is 354 g/mol. The zero-order valence-corrected chi connectivity index (χ0v) is 15.6. The van der Waals surface area contributed by atoms with Crippen LogP contribution in [0, 0.1) is 17.6 Å². The van der Waals surface area contributed by atoms with Gasteiger partial charge in [0.05, 0.1) is 17.8 Å². The molecule has 2 fully saturated rings. The number of halogens is 2. The van der Waals surface area contributed by atoms with Gasteiger partial charge in [0, 0.05) is 25.6 Å². The highest BCUT2D eigenvalue weighted by Gasteiger charge is 2.46. The molecule has 0 saturated carbocycles. The van der Waals surface area contributed by atoms with Crippen LogP contribution in [0.25, 0.3) is 11.0 Å². The van der Waals surface area contributed by atoms with Crippen molar-refractivity contribution in [1.29, 1.82) is 0 Å². The maximum absolute atomic E-state index is 13.8. The Hall–Kier alpha value is -2.51. The molecule has 27 heavy (non-hydrogen) atoms. The van der Waals surface area contributed by atoms with Gasteiger partial charge in [0.25, 0.3) is 0 Å². The fourth-order valence-corrected chi connectivity index (χ4v) is 3.70. The number of carbonyl (C=O) groups excluding carboxylic acids is 1. The van der Waals surface area contributed by atoms with Crippen molar-refractivity contribution in [3.63, 3.8) is 0 Å². The molecule has 2 aliphatic rings. The number of fused-ring (bicyclic) bond motifs is 2. The predicted molar refractivity (Wildman–Crippen MR) is 96.5 cm³/mol. The lowest BCUT2D eigenvalue weighted by molar-refractivity contribution is -0.0346. The van der Waals surface area contributed by atoms with Crippen molar-refractivity contribution in [1.82, 2.24) is 14.9 Å². The van der Waals surface area contributed by atoms with Crippen LogP contribution in [0.3, 0.4) is 0 Å². The van der Waals surface area contributed by atoms with Gasteiger partial charge in [-0.3, -0.25) is 0 Å². The van der Waals surface area contributed by atoms with E-state index in [0.29, 0.717) is 30.3 Å². The van der Waals surface area contributed by atoms with Gasteiger partial charge in [-0.05, 0) is 39.3 Å². The summed E-state index contributed by atoms with van der Waals surface area (Å²) in [7, 11) is 0. The number of nitrogens with zero attached hydrogens (tertiary/aromatic N) is 4. The number of piperidine rings is 1. The van der Waals surface area contributed by atoms with Gasteiger partial charge in [-0.25, -0.2) is 23.5 Å². The van der Waals surface area contributed by atoms with E-state index in [1.165, 1.54) is 12.3 Å². The molecule has 2 saturated heterocycles. The number of aromatic nitrogens is 2. The Labute approximate surface area is 156 Å². The third-order valence-corrected chi connectivity index (χ3v) is 5.10. The van der Waals surface area contributed by atoms with Crippen LogP contribution in [0.15, 0.2) is 18.3 Å². The van der Waals surface area contributed by atoms with Crippen LogP contribution in [0.4, 0.5) is 19.4 Å². The molecular formula is C19H22F2N4O2. The molecule has 144 valence electrons. The molecule has 2 atom stereocenters. The van der Waals surface area contributed by atoms with Crippen molar-refractivity contribution in [3.8, 4) is 0 Å². The second kappa shape index (κ2) is 6.28. The number of likely N-dealkylation sites (tertiary alicyclic amines) is 1. The lowest BCUT2D eigenvalue weighted by atomic mass is 9.82. The van der Waals surface area contributed by atoms with Gasteiger partial charge in [-0.1, -0.05) is 0 Å². The number of benzene rings is 1. The van der Waals surface area contributed by atoms with E-state index in [4.69, 9.17) is 4.74 Å². The largest absolute Gasteiger partial charge is 0.444 e. The summed E-state index contributed by atoms with van der Waals surface area (Å²) in [6.45, 7) is 7.66. The third kappa shape index (κ3) is 3.28. The van der Waals surface area contributed by atoms with Crippen molar-refractivity contribution in [2.75, 3.05) is 24.5 Å². The minimum atomic E-state index is -0.986. The topological polar surface area (TPSA) is 58.6 Å². The summed E-state index contributed by atoms with van der Waals surface area (Å²) in [6, 6.07) is 2.54. The van der Waals surface area contributed by atoms with Gasteiger partial charge in [0.2, 0.25) is 0 Å². The number of anilines is 1. The highest BCUT2D eigenvalue weighted by molar-refractivity contribution is 5.76. The summed E-state index contributed by atoms with van der Waals surface area (Å²) in [5.41, 5.74) is -0.293. The summed E-state index contributed by atoms with van der Waals surface area (Å²) < 4.78 is 32.6. The second-order valence-electron chi connectivity index (χ2n) is 8.15. The van der Waals surface area contributed by atoms with Gasteiger partial charge >= 0.3 is 6.09 Å². The number of amides is 1. The average molecular weight is 376 g/mol. The number of hydrogen-bond donors (Lipinski definition) is 0. The fourth-order valence-electron chi connectivity index (χ4n) is 3.70. The SMILES string of the molecule is CC(C)(C)OC(=O)N1C[C@H]2CCN(c3cnc4c(F)c(F)ccc4n3)C[C@H]21. The molecule has 0 N–H and O–H groups in total. The molecule has 0 bridgehead atoms. The first kappa shape index (κ1) is 17.9. The Balaban J connectivity index is 1.52. The summed E-state index contributed by atoms with van der Waals surface area (Å²) in [6.07, 6.45) is 2.09. The van der Waals surface area contributed by atoms with E-state index in [1.54, 1.807) is 4.90 Å². The van der Waals surface area contributed by atoms with Gasteiger partial charge in [-0.15, -0.1) is 0 Å². The summed E-state index contributed by atoms with van der Waals surface area (Å²) in [5, 5.41) is 0. The smallest absolute Gasteiger partial charge is 0.410 e. The number of hydrogen-bond acceptors (Lipinski definition) is 5. The zero-order chi connectivity index (χ0) is 19.3. The van der Waals surface area contributed by atoms with Crippen LogP contribution < -0.4 is 4.90 Å². The van der Waals surface area contributed by atoms with Crippen molar-refractivity contribution >= 4 is 22.9 Å². The first-order valence-electron chi connectivity index (χ1n) is 9.08. The van der Waals surface area contributed by atoms with Crippen molar-refractivity contribution in [2.45, 2.75) is 38.8 Å². The molecule has 8 heteroatoms. The Morgan fingerprint density at radius 1 is 1.26 bits per heavy atom. The van der Waals surface area contributed by atoms with Crippen LogP contribution >= 0.6 is 0 Å². The number of carbonyl (C=O) groups is 1. The van der Waals surface area contributed by atoms with E-state index >= 15 is 0 Å². The molecule has 1 aromatic carbocycles. The molecule has 3 heterocycles. The van der Waals surface area contributed by atoms with Crippen LogP contribution in [0.5, 0.6) is 0 Å². The fraction of sp³-hybridized carbons (Fsp3) is 0.526. The Morgan fingerprint density at radius 2 is 2.04 bits per heavy atom. The quantitative estimate of drug-likeness (QED) is 0.764. The van der Waals surface area contributed by atoms with E-state index in [2.05, 4.69) is 9.97 Å². The van der Waals surface area contributed by atoms with Crippen LogP contribution in [0.2, 0.25) is 0 Å². The van der Waals surface area contributed by atoms with Crippen molar-refractivity contribution < 1.29 is 18.3 Å². The molecule has 0 aliphatic carbocycles. The highest BCUT2D eigenvalue weighted by atomic mass is 19.2. The standard InChI is InChI=1S/C19H22F2N4O2/c1-19(2,3)27-18(26)25-9-11-6-7-24(10-14(11)25)15-8-22-17-13(23-15)5-4-12(20)16(17)21/h4-5,8,11,14H,6-7,9-10H2,1-3H3/t11-,14-/m1/s1. The first-order chi connectivity index (χ1) is 12.7. The van der Waals surface area contributed by atoms with Crippen LogP contribution in [0.1, 0.15) is 27.2 Å². The number of rotatable bonds is 1. The van der Waals surface area contributed by atoms with Gasteiger partial charge in [-0.2, -0.15) is 0 Å². The van der Waals surface area contributed by atoms with E-state index in [9.17, 15) is 13.6 Å².